The second-order valence-corrected chi connectivity index (χ2v) is 9.68. The lowest BCUT2D eigenvalue weighted by Gasteiger charge is -2.09. The van der Waals surface area contributed by atoms with Gasteiger partial charge in [0.1, 0.15) is 5.52 Å². The predicted molar refractivity (Wildman–Crippen MR) is 121 cm³/mol. The van der Waals surface area contributed by atoms with Gasteiger partial charge in [0, 0.05) is 11.3 Å². The molecule has 3 aromatic carbocycles. The lowest BCUT2D eigenvalue weighted by atomic mass is 10.2. The molecule has 0 unspecified atom stereocenters. The molecule has 0 radical (unpaired) electrons. The summed E-state index contributed by atoms with van der Waals surface area (Å²) in [6.07, 6.45) is 0. The summed E-state index contributed by atoms with van der Waals surface area (Å²) < 4.78 is 28.2. The van der Waals surface area contributed by atoms with Gasteiger partial charge in [0.2, 0.25) is 0 Å². The van der Waals surface area contributed by atoms with Gasteiger partial charge in [-0.1, -0.05) is 58.8 Å². The van der Waals surface area contributed by atoms with Crippen molar-refractivity contribution < 1.29 is 13.2 Å². The number of carbonyl (C=O) groups is 1. The molecule has 0 atom stereocenters. The topological polar surface area (TPSA) is 88.2 Å². The first-order valence-electron chi connectivity index (χ1n) is 8.57. The van der Waals surface area contributed by atoms with Gasteiger partial charge in [0.15, 0.2) is 5.13 Å². The summed E-state index contributed by atoms with van der Waals surface area (Å²) >= 11 is 13.4. The molecule has 0 saturated carbocycles. The zero-order valence-electron chi connectivity index (χ0n) is 15.1. The van der Waals surface area contributed by atoms with Crippen LogP contribution in [0.15, 0.2) is 71.6 Å². The van der Waals surface area contributed by atoms with Crippen LogP contribution in [0.5, 0.6) is 0 Å². The molecule has 4 rings (SSSR count). The van der Waals surface area contributed by atoms with Crippen molar-refractivity contribution in [2.45, 2.75) is 4.90 Å². The van der Waals surface area contributed by atoms with Gasteiger partial charge in [-0.2, -0.15) is 0 Å². The minimum Gasteiger partial charge on any atom is -0.298 e. The molecule has 0 bridgehead atoms. The van der Waals surface area contributed by atoms with Gasteiger partial charge in [-0.3, -0.25) is 14.8 Å². The van der Waals surface area contributed by atoms with Crippen LogP contribution in [0.25, 0.3) is 10.2 Å². The number of sulfonamides is 1. The second-order valence-electron chi connectivity index (χ2n) is 6.18. The fourth-order valence-corrected chi connectivity index (χ4v) is 5.05. The van der Waals surface area contributed by atoms with Gasteiger partial charge in [-0.25, -0.2) is 13.4 Å². The van der Waals surface area contributed by atoms with Crippen LogP contribution >= 0.6 is 34.5 Å². The van der Waals surface area contributed by atoms with Crippen LogP contribution in [0, 0.1) is 0 Å². The van der Waals surface area contributed by atoms with Gasteiger partial charge in [-0.05, 0) is 42.5 Å². The fourth-order valence-electron chi connectivity index (χ4n) is 2.70. The van der Waals surface area contributed by atoms with Crippen molar-refractivity contribution in [2.75, 3.05) is 10.0 Å². The van der Waals surface area contributed by atoms with Crippen molar-refractivity contribution in [3.63, 3.8) is 0 Å². The number of rotatable bonds is 5. The molecule has 0 spiro atoms. The minimum atomic E-state index is -3.76. The zero-order valence-corrected chi connectivity index (χ0v) is 18.2. The molecule has 0 aliphatic heterocycles. The molecular formula is C20H13Cl2N3O3S2. The van der Waals surface area contributed by atoms with E-state index in [1.807, 2.05) is 0 Å². The highest BCUT2D eigenvalue weighted by Crippen LogP contribution is 2.35. The summed E-state index contributed by atoms with van der Waals surface area (Å²) in [7, 11) is -3.76. The number of nitrogens with one attached hydrogen (secondary N) is 2. The Bertz CT molecular complexity index is 1360. The van der Waals surface area contributed by atoms with Crippen molar-refractivity contribution >= 4 is 71.5 Å². The summed E-state index contributed by atoms with van der Waals surface area (Å²) in [4.78, 5) is 17.1. The van der Waals surface area contributed by atoms with E-state index in [9.17, 15) is 13.2 Å². The van der Waals surface area contributed by atoms with Crippen LogP contribution in [-0.4, -0.2) is 19.3 Å². The van der Waals surface area contributed by atoms with Gasteiger partial charge < -0.3 is 0 Å². The van der Waals surface area contributed by atoms with Gasteiger partial charge in [-0.15, -0.1) is 0 Å². The van der Waals surface area contributed by atoms with Crippen LogP contribution in [-0.2, 0) is 10.0 Å². The average molecular weight is 478 g/mol. The molecule has 30 heavy (non-hydrogen) atoms. The van der Waals surface area contributed by atoms with E-state index in [1.54, 1.807) is 48.5 Å². The van der Waals surface area contributed by atoms with Crippen LogP contribution in [0.4, 0.5) is 10.8 Å². The number of nitrogens with zero attached hydrogens (tertiary/aromatic N) is 1. The third kappa shape index (κ3) is 4.27. The molecule has 0 saturated heterocycles. The van der Waals surface area contributed by atoms with E-state index in [0.29, 0.717) is 20.7 Å². The van der Waals surface area contributed by atoms with Crippen LogP contribution in [0.3, 0.4) is 0 Å². The van der Waals surface area contributed by atoms with Crippen LogP contribution in [0.2, 0.25) is 10.0 Å². The summed E-state index contributed by atoms with van der Waals surface area (Å²) in [5.74, 6) is -0.433. The Morgan fingerprint density at radius 3 is 2.50 bits per heavy atom. The zero-order chi connectivity index (χ0) is 21.3. The van der Waals surface area contributed by atoms with E-state index in [1.165, 1.54) is 29.5 Å². The highest BCUT2D eigenvalue weighted by atomic mass is 35.5. The van der Waals surface area contributed by atoms with Crippen molar-refractivity contribution in [1.82, 2.24) is 4.98 Å². The first-order valence-corrected chi connectivity index (χ1v) is 11.6. The van der Waals surface area contributed by atoms with Crippen molar-refractivity contribution in [3.05, 3.63) is 82.3 Å². The average Bonchev–Trinajstić information content (AvgIpc) is 3.15. The molecule has 152 valence electrons. The van der Waals surface area contributed by atoms with E-state index in [-0.39, 0.29) is 16.1 Å². The highest BCUT2D eigenvalue weighted by Gasteiger charge is 2.16. The Morgan fingerprint density at radius 1 is 0.967 bits per heavy atom. The maximum atomic E-state index is 12.6. The highest BCUT2D eigenvalue weighted by molar-refractivity contribution is 7.92. The Balaban J connectivity index is 1.55. The maximum Gasteiger partial charge on any atom is 0.261 e. The number of aromatic nitrogens is 1. The molecule has 1 aromatic heterocycles. The molecule has 6 nitrogen and oxygen atoms in total. The van der Waals surface area contributed by atoms with E-state index in [4.69, 9.17) is 23.2 Å². The molecule has 2 N–H and O–H groups in total. The number of thiazole rings is 1. The van der Waals surface area contributed by atoms with Crippen molar-refractivity contribution in [2.24, 2.45) is 0 Å². The third-order valence-corrected chi connectivity index (χ3v) is 7.23. The predicted octanol–water partition coefficient (Wildman–Crippen LogP) is 5.66. The van der Waals surface area contributed by atoms with E-state index in [0.717, 1.165) is 4.70 Å². The maximum absolute atomic E-state index is 12.6. The Morgan fingerprint density at radius 2 is 1.73 bits per heavy atom. The molecule has 0 fully saturated rings. The summed E-state index contributed by atoms with van der Waals surface area (Å²) in [6, 6.07) is 17.6. The van der Waals surface area contributed by atoms with Crippen molar-refractivity contribution in [3.8, 4) is 0 Å². The summed E-state index contributed by atoms with van der Waals surface area (Å²) in [5.41, 5.74) is 1.05. The number of benzene rings is 3. The van der Waals surface area contributed by atoms with E-state index < -0.39 is 15.9 Å². The fraction of sp³-hybridized carbons (Fsp3) is 0. The minimum absolute atomic E-state index is 0.130. The Labute approximate surface area is 186 Å². The molecular weight excluding hydrogens is 465 g/mol. The number of anilines is 2. The van der Waals surface area contributed by atoms with Gasteiger partial charge in [0.25, 0.3) is 15.9 Å². The Hall–Kier alpha value is -2.65. The first kappa shape index (κ1) is 20.6. The number of carbonyl (C=O) groups excluding carboxylic acids is 1. The summed E-state index contributed by atoms with van der Waals surface area (Å²) in [5, 5.41) is 3.76. The van der Waals surface area contributed by atoms with Crippen LogP contribution in [0.1, 0.15) is 10.4 Å². The number of hydrogen-bond donors (Lipinski definition) is 2. The molecule has 1 amide bonds. The molecule has 1 heterocycles. The first-order chi connectivity index (χ1) is 14.3. The smallest absolute Gasteiger partial charge is 0.261 e. The molecule has 4 aromatic rings. The van der Waals surface area contributed by atoms with Crippen molar-refractivity contribution in [1.29, 1.82) is 0 Å². The van der Waals surface area contributed by atoms with Gasteiger partial charge in [0.05, 0.1) is 19.6 Å². The summed E-state index contributed by atoms with van der Waals surface area (Å²) in [6.45, 7) is 0. The van der Waals surface area contributed by atoms with E-state index >= 15 is 0 Å². The standard InChI is InChI=1S/C20H13Cl2N3O3S2/c21-15-9-10-16-18(17(15)22)23-20(29-16)24-19(26)12-5-4-6-13(11-12)25-30(27,28)14-7-2-1-3-8-14/h1-11,25H,(H,23,24,26). The molecule has 0 aliphatic carbocycles. The SMILES string of the molecule is O=C(Nc1nc2c(Cl)c(Cl)ccc2s1)c1cccc(NS(=O)(=O)c2ccccc2)c1. The van der Waals surface area contributed by atoms with E-state index in [2.05, 4.69) is 15.0 Å². The van der Waals surface area contributed by atoms with Gasteiger partial charge >= 0.3 is 0 Å². The van der Waals surface area contributed by atoms with Crippen LogP contribution < -0.4 is 10.0 Å². The monoisotopic (exact) mass is 477 g/mol. The second kappa shape index (κ2) is 8.23. The number of fused-ring (bicyclic) bond motifs is 1. The number of halogens is 2. The Kier molecular flexibility index (Phi) is 5.66. The quantitative estimate of drug-likeness (QED) is 0.388. The lowest BCUT2D eigenvalue weighted by molar-refractivity contribution is 0.102. The molecule has 0 aliphatic rings. The number of amides is 1. The number of hydrogen-bond acceptors (Lipinski definition) is 5. The molecule has 10 heteroatoms. The normalized spacial score (nSPS) is 11.4. The third-order valence-electron chi connectivity index (χ3n) is 4.10. The lowest BCUT2D eigenvalue weighted by Crippen LogP contribution is -2.15. The largest absolute Gasteiger partial charge is 0.298 e.